The Kier molecular flexibility index (Phi) is 8.29. The van der Waals surface area contributed by atoms with Gasteiger partial charge in [0.1, 0.15) is 23.7 Å². The number of hydrogen-bond donors (Lipinski definition) is 0. The summed E-state index contributed by atoms with van der Waals surface area (Å²) < 4.78 is 44.1. The van der Waals surface area contributed by atoms with Crippen molar-refractivity contribution in [1.29, 1.82) is 0 Å². The molecular formula is C26H32O8. The van der Waals surface area contributed by atoms with E-state index in [4.69, 9.17) is 37.9 Å². The van der Waals surface area contributed by atoms with E-state index in [0.717, 1.165) is 43.1 Å². The molecule has 0 saturated carbocycles. The van der Waals surface area contributed by atoms with E-state index in [9.17, 15) is 0 Å². The van der Waals surface area contributed by atoms with Crippen LogP contribution in [0, 0.1) is 5.92 Å². The summed E-state index contributed by atoms with van der Waals surface area (Å²) in [7, 11) is 0. The standard InChI is InChI=1S/C26H32O8/c1(19-3-7-22(8-4-19)33-17-27-13-24-15-29-24)2-20-11-31-26(32-12-20)21-5-9-23(10-6-21)34-18-28-14-25-16-30-25/h3-10,20,24-26H,1-2,11-18H2. The smallest absolute Gasteiger partial charge is 0.189 e. The molecule has 2 atom stereocenters. The maximum Gasteiger partial charge on any atom is 0.189 e. The highest BCUT2D eigenvalue weighted by atomic mass is 16.7. The molecule has 5 rings (SSSR count). The molecule has 0 bridgehead atoms. The average Bonchev–Trinajstić information content (AvgIpc) is 3.81. The van der Waals surface area contributed by atoms with Crippen LogP contribution in [-0.2, 0) is 34.8 Å². The highest BCUT2D eigenvalue weighted by Gasteiger charge is 2.24. The highest BCUT2D eigenvalue weighted by Crippen LogP contribution is 2.28. The van der Waals surface area contributed by atoms with E-state index in [1.807, 2.05) is 36.4 Å². The molecule has 3 heterocycles. The van der Waals surface area contributed by atoms with Crippen LogP contribution < -0.4 is 9.47 Å². The van der Waals surface area contributed by atoms with Crippen LogP contribution in [0.5, 0.6) is 11.5 Å². The van der Waals surface area contributed by atoms with Gasteiger partial charge >= 0.3 is 0 Å². The zero-order chi connectivity index (χ0) is 23.0. The lowest BCUT2D eigenvalue weighted by Gasteiger charge is -2.29. The second-order valence-electron chi connectivity index (χ2n) is 8.79. The van der Waals surface area contributed by atoms with Crippen LogP contribution in [-0.4, -0.2) is 65.4 Å². The number of epoxide rings is 2. The van der Waals surface area contributed by atoms with Crippen LogP contribution in [0.1, 0.15) is 23.8 Å². The molecule has 2 aromatic carbocycles. The van der Waals surface area contributed by atoms with Crippen molar-refractivity contribution in [2.24, 2.45) is 5.92 Å². The van der Waals surface area contributed by atoms with Crippen molar-refractivity contribution < 1.29 is 37.9 Å². The van der Waals surface area contributed by atoms with Crippen molar-refractivity contribution in [3.05, 3.63) is 59.7 Å². The molecule has 3 aliphatic rings. The zero-order valence-corrected chi connectivity index (χ0v) is 19.3. The van der Waals surface area contributed by atoms with E-state index in [-0.39, 0.29) is 32.1 Å². The van der Waals surface area contributed by atoms with Gasteiger partial charge in [0.2, 0.25) is 0 Å². The van der Waals surface area contributed by atoms with Gasteiger partial charge in [-0.3, -0.25) is 0 Å². The molecule has 3 aliphatic heterocycles. The quantitative estimate of drug-likeness (QED) is 0.235. The zero-order valence-electron chi connectivity index (χ0n) is 19.3. The maximum atomic E-state index is 5.99. The molecule has 2 unspecified atom stereocenters. The van der Waals surface area contributed by atoms with Gasteiger partial charge in [0.25, 0.3) is 0 Å². The van der Waals surface area contributed by atoms with Crippen LogP contribution in [0.4, 0.5) is 0 Å². The summed E-state index contributed by atoms with van der Waals surface area (Å²) in [6, 6.07) is 15.9. The molecule has 184 valence electrons. The van der Waals surface area contributed by atoms with Gasteiger partial charge in [-0.1, -0.05) is 24.3 Å². The molecule has 0 aromatic heterocycles. The molecule has 0 amide bonds. The molecule has 0 spiro atoms. The molecule has 3 saturated heterocycles. The molecule has 8 heteroatoms. The normalized spacial score (nSPS) is 25.6. The van der Waals surface area contributed by atoms with Crippen LogP contribution >= 0.6 is 0 Å². The second-order valence-corrected chi connectivity index (χ2v) is 8.79. The van der Waals surface area contributed by atoms with E-state index in [1.54, 1.807) is 0 Å². The summed E-state index contributed by atoms with van der Waals surface area (Å²) >= 11 is 0. The van der Waals surface area contributed by atoms with Gasteiger partial charge in [0, 0.05) is 11.5 Å². The molecule has 2 aromatic rings. The summed E-state index contributed by atoms with van der Waals surface area (Å²) in [5.41, 5.74) is 2.26. The van der Waals surface area contributed by atoms with Crippen molar-refractivity contribution in [3.63, 3.8) is 0 Å². The van der Waals surface area contributed by atoms with Crippen LogP contribution in [0.15, 0.2) is 48.5 Å². The van der Waals surface area contributed by atoms with E-state index in [1.165, 1.54) is 5.56 Å². The number of hydrogen-bond acceptors (Lipinski definition) is 8. The number of rotatable bonds is 14. The highest BCUT2D eigenvalue weighted by molar-refractivity contribution is 5.28. The molecule has 0 aliphatic carbocycles. The fourth-order valence-corrected chi connectivity index (χ4v) is 3.65. The third-order valence-electron chi connectivity index (χ3n) is 5.91. The molecule has 0 radical (unpaired) electrons. The Bertz CT molecular complexity index is 855. The monoisotopic (exact) mass is 472 g/mol. The molecule has 34 heavy (non-hydrogen) atoms. The SMILES string of the molecule is c1cc(OCOCC2CO2)ccc1CCC1COC(c2ccc(OCOCC3CO3)cc2)OC1. The molecular weight excluding hydrogens is 440 g/mol. The van der Waals surface area contributed by atoms with Gasteiger partial charge in [0.05, 0.1) is 39.6 Å². The number of ether oxygens (including phenoxy) is 8. The topological polar surface area (TPSA) is 80.4 Å². The van der Waals surface area contributed by atoms with Crippen molar-refractivity contribution in [2.45, 2.75) is 31.3 Å². The lowest BCUT2D eigenvalue weighted by Crippen LogP contribution is -2.27. The fourth-order valence-electron chi connectivity index (χ4n) is 3.65. The second kappa shape index (κ2) is 12.0. The van der Waals surface area contributed by atoms with Crippen molar-refractivity contribution in [1.82, 2.24) is 0 Å². The number of aryl methyl sites for hydroxylation is 1. The first-order chi connectivity index (χ1) is 16.8. The Hall–Kier alpha value is -2.20. The molecule has 0 N–H and O–H groups in total. The lowest BCUT2D eigenvalue weighted by molar-refractivity contribution is -0.205. The Labute approximate surface area is 199 Å². The summed E-state index contributed by atoms with van der Waals surface area (Å²) in [6.45, 7) is 4.59. The first kappa shape index (κ1) is 23.5. The summed E-state index contributed by atoms with van der Waals surface area (Å²) in [4.78, 5) is 0. The van der Waals surface area contributed by atoms with Gasteiger partial charge in [-0.15, -0.1) is 0 Å². The first-order valence-corrected chi connectivity index (χ1v) is 11.9. The van der Waals surface area contributed by atoms with Gasteiger partial charge in [-0.25, -0.2) is 0 Å². The van der Waals surface area contributed by atoms with Crippen molar-refractivity contribution in [2.75, 3.05) is 53.2 Å². The minimum atomic E-state index is -0.335. The largest absolute Gasteiger partial charge is 0.468 e. The molecule has 8 nitrogen and oxygen atoms in total. The Balaban J connectivity index is 0.965. The summed E-state index contributed by atoms with van der Waals surface area (Å²) in [5, 5.41) is 0. The fraction of sp³-hybridized carbons (Fsp3) is 0.538. The summed E-state index contributed by atoms with van der Waals surface area (Å²) in [6.07, 6.45) is 2.15. The van der Waals surface area contributed by atoms with E-state index in [0.29, 0.717) is 32.3 Å². The maximum absolute atomic E-state index is 5.99. The summed E-state index contributed by atoms with van der Waals surface area (Å²) in [5.74, 6) is 1.94. The van der Waals surface area contributed by atoms with Gasteiger partial charge in [-0.05, 0) is 42.7 Å². The number of benzene rings is 2. The molecule has 3 fully saturated rings. The van der Waals surface area contributed by atoms with Crippen molar-refractivity contribution in [3.8, 4) is 11.5 Å². The predicted molar refractivity (Wildman–Crippen MR) is 122 cm³/mol. The lowest BCUT2D eigenvalue weighted by atomic mass is 10.00. The van der Waals surface area contributed by atoms with E-state index < -0.39 is 0 Å². The van der Waals surface area contributed by atoms with E-state index >= 15 is 0 Å². The van der Waals surface area contributed by atoms with Crippen LogP contribution in [0.3, 0.4) is 0 Å². The minimum Gasteiger partial charge on any atom is -0.468 e. The third-order valence-corrected chi connectivity index (χ3v) is 5.91. The first-order valence-electron chi connectivity index (χ1n) is 11.9. The van der Waals surface area contributed by atoms with Gasteiger partial charge in [-0.2, -0.15) is 0 Å². The van der Waals surface area contributed by atoms with Crippen LogP contribution in [0.2, 0.25) is 0 Å². The Morgan fingerprint density at radius 2 is 1.18 bits per heavy atom. The Morgan fingerprint density at radius 1 is 0.647 bits per heavy atom. The van der Waals surface area contributed by atoms with Crippen molar-refractivity contribution >= 4 is 0 Å². The predicted octanol–water partition coefficient (Wildman–Crippen LogP) is 3.48. The minimum absolute atomic E-state index is 0.220. The van der Waals surface area contributed by atoms with Crippen LogP contribution in [0.25, 0.3) is 0 Å². The third kappa shape index (κ3) is 7.66. The van der Waals surface area contributed by atoms with E-state index in [2.05, 4.69) is 12.1 Å². The average molecular weight is 473 g/mol. The van der Waals surface area contributed by atoms with Gasteiger partial charge in [0.15, 0.2) is 19.9 Å². The van der Waals surface area contributed by atoms with Gasteiger partial charge < -0.3 is 37.9 Å². The Morgan fingerprint density at radius 3 is 1.71 bits per heavy atom.